The number of aromatic nitrogens is 1. The molecule has 19 heavy (non-hydrogen) atoms. The number of anilines is 1. The molecule has 1 aromatic rings. The molecule has 0 amide bonds. The first kappa shape index (κ1) is 14.3. The fourth-order valence-electron chi connectivity index (χ4n) is 2.90. The number of nitrogens with zero attached hydrogens (tertiary/aromatic N) is 2. The first-order chi connectivity index (χ1) is 8.93. The van der Waals surface area contributed by atoms with Gasteiger partial charge < -0.3 is 10.0 Å². The van der Waals surface area contributed by atoms with Crippen LogP contribution >= 0.6 is 0 Å². The van der Waals surface area contributed by atoms with Crippen molar-refractivity contribution in [3.05, 3.63) is 23.4 Å². The minimum Gasteiger partial charge on any atom is -0.392 e. The van der Waals surface area contributed by atoms with E-state index >= 15 is 0 Å². The van der Waals surface area contributed by atoms with Crippen LogP contribution in [0.25, 0.3) is 0 Å². The molecule has 0 unspecified atom stereocenters. The molecule has 0 saturated heterocycles. The molecule has 0 spiro atoms. The van der Waals surface area contributed by atoms with E-state index in [1.165, 1.54) is 25.7 Å². The Morgan fingerprint density at radius 1 is 1.32 bits per heavy atom. The van der Waals surface area contributed by atoms with Crippen LogP contribution in [0.1, 0.15) is 50.8 Å². The number of aliphatic hydroxyl groups excluding tert-OH is 1. The summed E-state index contributed by atoms with van der Waals surface area (Å²) in [5.41, 5.74) is 2.35. The lowest BCUT2D eigenvalue weighted by Crippen LogP contribution is -2.37. The summed E-state index contributed by atoms with van der Waals surface area (Å²) in [6.07, 6.45) is 5.06. The van der Waals surface area contributed by atoms with Crippen molar-refractivity contribution in [2.24, 2.45) is 5.41 Å². The van der Waals surface area contributed by atoms with Crippen molar-refractivity contribution in [3.63, 3.8) is 0 Å². The van der Waals surface area contributed by atoms with Gasteiger partial charge in [0.15, 0.2) is 0 Å². The molecule has 0 atom stereocenters. The highest BCUT2D eigenvalue weighted by Gasteiger charge is 2.29. The van der Waals surface area contributed by atoms with Gasteiger partial charge in [-0.05, 0) is 49.7 Å². The normalized spacial score (nSPS) is 19.4. The minimum absolute atomic E-state index is 0.0699. The molecule has 1 aliphatic carbocycles. The highest BCUT2D eigenvalue weighted by atomic mass is 16.3. The van der Waals surface area contributed by atoms with Gasteiger partial charge in [0.2, 0.25) is 0 Å². The molecule has 106 valence electrons. The number of hydrogen-bond donors (Lipinski definition) is 1. The lowest BCUT2D eigenvalue weighted by Gasteiger charge is -2.39. The van der Waals surface area contributed by atoms with Crippen LogP contribution in [0.2, 0.25) is 0 Å². The molecule has 1 saturated carbocycles. The first-order valence-corrected chi connectivity index (χ1v) is 7.23. The van der Waals surface area contributed by atoms with Crippen LogP contribution in [-0.4, -0.2) is 23.2 Å². The van der Waals surface area contributed by atoms with E-state index in [1.54, 1.807) is 0 Å². The smallest absolute Gasteiger partial charge is 0.128 e. The van der Waals surface area contributed by atoms with Gasteiger partial charge in [-0.3, -0.25) is 0 Å². The molecule has 2 rings (SSSR count). The third-order valence-corrected chi connectivity index (χ3v) is 4.57. The molecule has 1 heterocycles. The van der Waals surface area contributed by atoms with Crippen molar-refractivity contribution >= 4 is 5.82 Å². The van der Waals surface area contributed by atoms with E-state index in [0.29, 0.717) is 11.5 Å². The summed E-state index contributed by atoms with van der Waals surface area (Å²) in [6, 6.07) is 4.61. The van der Waals surface area contributed by atoms with E-state index in [2.05, 4.69) is 30.8 Å². The summed E-state index contributed by atoms with van der Waals surface area (Å²) in [5, 5.41) is 9.20. The zero-order valence-corrected chi connectivity index (χ0v) is 12.6. The summed E-state index contributed by atoms with van der Waals surface area (Å²) in [4.78, 5) is 6.93. The van der Waals surface area contributed by atoms with E-state index in [9.17, 15) is 5.11 Å². The fraction of sp³-hybridized carbons (Fsp3) is 0.688. The van der Waals surface area contributed by atoms with Crippen LogP contribution in [0.4, 0.5) is 5.82 Å². The average Bonchev–Trinajstić information content (AvgIpc) is 2.38. The topological polar surface area (TPSA) is 36.4 Å². The van der Waals surface area contributed by atoms with Crippen molar-refractivity contribution in [2.45, 2.75) is 59.1 Å². The monoisotopic (exact) mass is 262 g/mol. The predicted molar refractivity (Wildman–Crippen MR) is 79.3 cm³/mol. The van der Waals surface area contributed by atoms with Crippen LogP contribution in [0, 0.1) is 12.3 Å². The lowest BCUT2D eigenvalue weighted by atomic mass is 9.75. The molecule has 0 aromatic carbocycles. The highest BCUT2D eigenvalue weighted by molar-refractivity contribution is 5.42. The van der Waals surface area contributed by atoms with E-state index in [1.807, 2.05) is 19.1 Å². The number of aryl methyl sites for hydroxylation is 1. The Morgan fingerprint density at radius 3 is 2.47 bits per heavy atom. The Bertz CT molecular complexity index is 432. The summed E-state index contributed by atoms with van der Waals surface area (Å²) >= 11 is 0. The van der Waals surface area contributed by atoms with Gasteiger partial charge in [0.05, 0.1) is 6.61 Å². The third-order valence-electron chi connectivity index (χ3n) is 4.57. The maximum Gasteiger partial charge on any atom is 0.128 e. The molecule has 0 bridgehead atoms. The molecule has 1 aromatic heterocycles. The Morgan fingerprint density at radius 2 is 1.95 bits per heavy atom. The van der Waals surface area contributed by atoms with Crippen LogP contribution in [0.15, 0.2) is 12.1 Å². The van der Waals surface area contributed by atoms with Gasteiger partial charge in [-0.1, -0.05) is 19.9 Å². The van der Waals surface area contributed by atoms with Crippen molar-refractivity contribution < 1.29 is 5.11 Å². The van der Waals surface area contributed by atoms with Crippen LogP contribution < -0.4 is 4.90 Å². The summed E-state index contributed by atoms with van der Waals surface area (Å²) < 4.78 is 0. The molecule has 0 radical (unpaired) electrons. The Balaban J connectivity index is 2.08. The quantitative estimate of drug-likeness (QED) is 0.908. The van der Waals surface area contributed by atoms with E-state index in [4.69, 9.17) is 0 Å². The van der Waals surface area contributed by atoms with Gasteiger partial charge >= 0.3 is 0 Å². The van der Waals surface area contributed by atoms with Gasteiger partial charge in [-0.15, -0.1) is 0 Å². The van der Waals surface area contributed by atoms with Crippen molar-refractivity contribution in [2.75, 3.05) is 11.9 Å². The molecular formula is C16H26N2O. The Kier molecular flexibility index (Phi) is 4.14. The second kappa shape index (κ2) is 5.49. The predicted octanol–water partition coefficient (Wildman–Crippen LogP) is 3.29. The number of pyridine rings is 1. The maximum atomic E-state index is 9.20. The van der Waals surface area contributed by atoms with Crippen molar-refractivity contribution in [1.82, 2.24) is 4.98 Å². The molecule has 3 heteroatoms. The highest BCUT2D eigenvalue weighted by Crippen LogP contribution is 2.37. The van der Waals surface area contributed by atoms with Gasteiger partial charge in [-0.25, -0.2) is 4.98 Å². The number of rotatable bonds is 3. The Hall–Kier alpha value is -1.09. The molecule has 1 N–H and O–H groups in total. The molecule has 0 aliphatic heterocycles. The van der Waals surface area contributed by atoms with Gasteiger partial charge in [-0.2, -0.15) is 0 Å². The molecular weight excluding hydrogens is 236 g/mol. The van der Waals surface area contributed by atoms with Gasteiger partial charge in [0.1, 0.15) is 5.82 Å². The second-order valence-electron chi connectivity index (χ2n) is 6.58. The van der Waals surface area contributed by atoms with Crippen LogP contribution in [0.5, 0.6) is 0 Å². The van der Waals surface area contributed by atoms with E-state index in [0.717, 1.165) is 17.1 Å². The summed E-state index contributed by atoms with van der Waals surface area (Å²) in [7, 11) is 2.14. The molecule has 1 fully saturated rings. The van der Waals surface area contributed by atoms with E-state index < -0.39 is 0 Å². The maximum absolute atomic E-state index is 9.20. The van der Waals surface area contributed by atoms with Gasteiger partial charge in [0, 0.05) is 18.8 Å². The van der Waals surface area contributed by atoms with Crippen LogP contribution in [0.3, 0.4) is 0 Å². The van der Waals surface area contributed by atoms with Crippen LogP contribution in [-0.2, 0) is 6.61 Å². The largest absolute Gasteiger partial charge is 0.392 e. The van der Waals surface area contributed by atoms with Crippen molar-refractivity contribution in [3.8, 4) is 0 Å². The first-order valence-electron chi connectivity index (χ1n) is 7.23. The summed E-state index contributed by atoms with van der Waals surface area (Å²) in [6.45, 7) is 6.76. The van der Waals surface area contributed by atoms with Crippen molar-refractivity contribution in [1.29, 1.82) is 0 Å². The number of hydrogen-bond acceptors (Lipinski definition) is 3. The number of aliphatic hydroxyl groups is 1. The van der Waals surface area contributed by atoms with E-state index in [-0.39, 0.29) is 6.61 Å². The summed E-state index contributed by atoms with van der Waals surface area (Å²) in [5.74, 6) is 1.03. The lowest BCUT2D eigenvalue weighted by molar-refractivity contribution is 0.222. The molecule has 1 aliphatic rings. The third kappa shape index (κ3) is 3.27. The molecule has 3 nitrogen and oxygen atoms in total. The average molecular weight is 262 g/mol. The second-order valence-corrected chi connectivity index (χ2v) is 6.58. The Labute approximate surface area is 116 Å². The fourth-order valence-corrected chi connectivity index (χ4v) is 2.90. The SMILES string of the molecule is Cc1nc(N(C)C2CCC(C)(C)CC2)ccc1CO. The zero-order valence-electron chi connectivity index (χ0n) is 12.6. The standard InChI is InChI=1S/C16H26N2O/c1-12-13(11-19)5-6-15(17-12)18(4)14-7-9-16(2,3)10-8-14/h5-6,14,19H,7-11H2,1-4H3. The van der Waals surface area contributed by atoms with Gasteiger partial charge in [0.25, 0.3) is 0 Å². The zero-order chi connectivity index (χ0) is 14.0. The minimum atomic E-state index is 0.0699.